The number of hydrogen-bond donors (Lipinski definition) is 2. The molecule has 0 amide bonds. The number of benzene rings is 1. The first-order chi connectivity index (χ1) is 8.70. The van der Waals surface area contributed by atoms with E-state index < -0.39 is 0 Å². The predicted octanol–water partition coefficient (Wildman–Crippen LogP) is 1.47. The second-order valence-corrected chi connectivity index (χ2v) is 4.46. The number of aryl methyl sites for hydroxylation is 1. The second-order valence-electron chi connectivity index (χ2n) is 3.58. The van der Waals surface area contributed by atoms with Gasteiger partial charge in [0.05, 0.1) is 6.21 Å². The molecule has 0 fully saturated rings. The van der Waals surface area contributed by atoms with Crippen LogP contribution in [-0.2, 0) is 0 Å². The van der Waals surface area contributed by atoms with Crippen molar-refractivity contribution >= 4 is 23.9 Å². The average molecular weight is 262 g/mol. The number of hydrogen-bond acceptors (Lipinski definition) is 6. The third-order valence-electron chi connectivity index (χ3n) is 2.36. The minimum absolute atomic E-state index is 0.407. The molecule has 1 heterocycles. The summed E-state index contributed by atoms with van der Waals surface area (Å²) in [6.45, 7) is 1.77. The van der Waals surface area contributed by atoms with Crippen LogP contribution in [0.3, 0.4) is 0 Å². The maximum absolute atomic E-state index is 5.67. The third-order valence-corrected chi connectivity index (χ3v) is 3.10. The Morgan fingerprint density at radius 2 is 2.06 bits per heavy atom. The molecule has 0 aliphatic heterocycles. The number of nitrogens with zero attached hydrogens (tertiary/aromatic N) is 4. The van der Waals surface area contributed by atoms with Gasteiger partial charge in [-0.3, -0.25) is 0 Å². The van der Waals surface area contributed by atoms with Gasteiger partial charge in [0, 0.05) is 4.90 Å². The van der Waals surface area contributed by atoms with E-state index in [2.05, 4.69) is 20.7 Å². The number of aromatic nitrogens is 3. The van der Waals surface area contributed by atoms with E-state index in [4.69, 9.17) is 5.84 Å². The van der Waals surface area contributed by atoms with Gasteiger partial charge in [0.1, 0.15) is 0 Å². The van der Waals surface area contributed by atoms with Crippen LogP contribution in [-0.4, -0.2) is 27.3 Å². The van der Waals surface area contributed by atoms with Gasteiger partial charge in [0.15, 0.2) is 5.82 Å². The molecule has 6 nitrogen and oxygen atoms in total. The van der Waals surface area contributed by atoms with Gasteiger partial charge in [-0.1, -0.05) is 12.1 Å². The normalized spacial score (nSPS) is 11.0. The fourth-order valence-electron chi connectivity index (χ4n) is 1.30. The summed E-state index contributed by atoms with van der Waals surface area (Å²) in [6, 6.07) is 8.08. The van der Waals surface area contributed by atoms with E-state index in [0.29, 0.717) is 11.8 Å². The summed E-state index contributed by atoms with van der Waals surface area (Å²) >= 11 is 1.70. The highest BCUT2D eigenvalue weighted by Crippen LogP contribution is 2.13. The van der Waals surface area contributed by atoms with Gasteiger partial charge < -0.3 is 5.84 Å². The molecular weight excluding hydrogens is 248 g/mol. The molecule has 0 spiro atoms. The summed E-state index contributed by atoms with van der Waals surface area (Å²) in [5.74, 6) is 6.70. The van der Waals surface area contributed by atoms with Crippen LogP contribution in [0.15, 0.2) is 34.3 Å². The molecule has 0 aliphatic rings. The van der Waals surface area contributed by atoms with Gasteiger partial charge >= 0.3 is 0 Å². The molecule has 7 heteroatoms. The molecule has 0 aliphatic carbocycles. The summed E-state index contributed by atoms with van der Waals surface area (Å²) in [7, 11) is 0. The van der Waals surface area contributed by atoms with Gasteiger partial charge in [-0.15, -0.1) is 22.0 Å². The Balaban J connectivity index is 2.00. The lowest BCUT2D eigenvalue weighted by atomic mass is 10.2. The number of hydrazone groups is 1. The number of nitrogens with one attached hydrogen (secondary N) is 1. The van der Waals surface area contributed by atoms with E-state index in [9.17, 15) is 0 Å². The Hall–Kier alpha value is -2.02. The number of anilines is 1. The summed E-state index contributed by atoms with van der Waals surface area (Å²) < 4.78 is 1.34. The highest BCUT2D eigenvalue weighted by molar-refractivity contribution is 7.98. The van der Waals surface area contributed by atoms with Crippen LogP contribution in [0.2, 0.25) is 0 Å². The van der Waals surface area contributed by atoms with E-state index in [1.807, 2.05) is 30.5 Å². The monoisotopic (exact) mass is 262 g/mol. The smallest absolute Gasteiger partial charge is 0.263 e. The van der Waals surface area contributed by atoms with Crippen molar-refractivity contribution in [1.82, 2.24) is 14.9 Å². The summed E-state index contributed by atoms with van der Waals surface area (Å²) in [5.41, 5.74) is 3.74. The predicted molar refractivity (Wildman–Crippen MR) is 74.3 cm³/mol. The zero-order valence-corrected chi connectivity index (χ0v) is 11.0. The topological polar surface area (TPSA) is 81.1 Å². The van der Waals surface area contributed by atoms with Crippen molar-refractivity contribution in [3.63, 3.8) is 0 Å². The average Bonchev–Trinajstić information content (AvgIpc) is 2.71. The number of nitrogen functional groups attached to an aromatic ring is 1. The molecule has 0 radical (unpaired) electrons. The third kappa shape index (κ3) is 2.80. The Morgan fingerprint density at radius 1 is 1.33 bits per heavy atom. The Kier molecular flexibility index (Phi) is 3.83. The van der Waals surface area contributed by atoms with Crippen LogP contribution >= 0.6 is 11.8 Å². The van der Waals surface area contributed by atoms with Gasteiger partial charge in [0.25, 0.3) is 5.95 Å². The molecular formula is C11H14N6S. The largest absolute Gasteiger partial charge is 0.335 e. The van der Waals surface area contributed by atoms with Crippen LogP contribution < -0.4 is 11.3 Å². The van der Waals surface area contributed by atoms with Crippen molar-refractivity contribution in [2.24, 2.45) is 5.10 Å². The number of thioether (sulfide) groups is 1. The Labute approximate surface area is 109 Å². The minimum atomic E-state index is 0.407. The Morgan fingerprint density at radius 3 is 2.61 bits per heavy atom. The van der Waals surface area contributed by atoms with Crippen LogP contribution in [0, 0.1) is 6.92 Å². The lowest BCUT2D eigenvalue weighted by Gasteiger charge is -1.99. The zero-order chi connectivity index (χ0) is 13.0. The molecule has 94 valence electrons. The minimum Gasteiger partial charge on any atom is -0.335 e. The second kappa shape index (κ2) is 5.54. The first-order valence-electron chi connectivity index (χ1n) is 5.31. The maximum Gasteiger partial charge on any atom is 0.263 e. The lowest BCUT2D eigenvalue weighted by Crippen LogP contribution is -2.13. The summed E-state index contributed by atoms with van der Waals surface area (Å²) in [4.78, 5) is 1.22. The fraction of sp³-hybridized carbons (Fsp3) is 0.182. The van der Waals surface area contributed by atoms with Gasteiger partial charge in [0.2, 0.25) is 0 Å². The molecule has 2 rings (SSSR count). The molecule has 0 saturated carbocycles. The molecule has 1 aromatic carbocycles. The van der Waals surface area contributed by atoms with Crippen molar-refractivity contribution < 1.29 is 0 Å². The van der Waals surface area contributed by atoms with Gasteiger partial charge in [-0.25, -0.2) is 10.1 Å². The molecule has 0 unspecified atom stereocenters. The first-order valence-corrected chi connectivity index (χ1v) is 6.53. The van der Waals surface area contributed by atoms with E-state index >= 15 is 0 Å². The van der Waals surface area contributed by atoms with Crippen molar-refractivity contribution in [3.05, 3.63) is 35.7 Å². The SMILES string of the molecule is CSc1ccc(/C=N\Nc2nnc(C)n2N)cc1. The van der Waals surface area contributed by atoms with E-state index in [-0.39, 0.29) is 0 Å². The van der Waals surface area contributed by atoms with Crippen molar-refractivity contribution in [2.45, 2.75) is 11.8 Å². The van der Waals surface area contributed by atoms with Crippen LogP contribution in [0.5, 0.6) is 0 Å². The highest BCUT2D eigenvalue weighted by Gasteiger charge is 2.02. The van der Waals surface area contributed by atoms with E-state index in [0.717, 1.165) is 5.56 Å². The standard InChI is InChI=1S/C11H14N6S/c1-8-14-16-11(17(8)12)15-13-7-9-3-5-10(18-2)6-4-9/h3-7H,12H2,1-2H3,(H,15,16)/b13-7-. The summed E-state index contributed by atoms with van der Waals surface area (Å²) in [6.07, 6.45) is 3.75. The van der Waals surface area contributed by atoms with Crippen LogP contribution in [0.1, 0.15) is 11.4 Å². The lowest BCUT2D eigenvalue weighted by molar-refractivity contribution is 0.926. The number of nitrogens with two attached hydrogens (primary N) is 1. The van der Waals surface area contributed by atoms with E-state index in [1.165, 1.54) is 9.57 Å². The highest BCUT2D eigenvalue weighted by atomic mass is 32.2. The first kappa shape index (κ1) is 12.4. The van der Waals surface area contributed by atoms with Crippen molar-refractivity contribution in [2.75, 3.05) is 17.5 Å². The molecule has 0 atom stereocenters. The quantitative estimate of drug-likeness (QED) is 0.377. The maximum atomic E-state index is 5.67. The molecule has 0 saturated heterocycles. The van der Waals surface area contributed by atoms with Crippen LogP contribution in [0.25, 0.3) is 0 Å². The fourth-order valence-corrected chi connectivity index (χ4v) is 1.71. The molecule has 0 bridgehead atoms. The van der Waals surface area contributed by atoms with E-state index in [1.54, 1.807) is 24.9 Å². The Bertz CT molecular complexity index is 545. The molecule has 18 heavy (non-hydrogen) atoms. The van der Waals surface area contributed by atoms with Crippen molar-refractivity contribution in [1.29, 1.82) is 0 Å². The van der Waals surface area contributed by atoms with Gasteiger partial charge in [-0.05, 0) is 30.9 Å². The summed E-state index contributed by atoms with van der Waals surface area (Å²) in [5, 5.41) is 11.7. The molecule has 2 aromatic rings. The van der Waals surface area contributed by atoms with Crippen molar-refractivity contribution in [3.8, 4) is 0 Å². The zero-order valence-electron chi connectivity index (χ0n) is 10.2. The van der Waals surface area contributed by atoms with Crippen LogP contribution in [0.4, 0.5) is 5.95 Å². The molecule has 1 aromatic heterocycles. The van der Waals surface area contributed by atoms with Gasteiger partial charge in [-0.2, -0.15) is 5.10 Å². The number of rotatable bonds is 4. The molecule has 3 N–H and O–H groups in total.